The molecule has 0 bridgehead atoms. The topological polar surface area (TPSA) is 79.2 Å². The Hall–Kier alpha value is -3.14. The highest BCUT2D eigenvalue weighted by atomic mass is 16.2. The van der Waals surface area contributed by atoms with E-state index in [-0.39, 0.29) is 5.91 Å². The number of anilines is 1. The molecule has 0 N–H and O–H groups in total. The Bertz CT molecular complexity index is 1020. The fourth-order valence-corrected chi connectivity index (χ4v) is 3.45. The van der Waals surface area contributed by atoms with Gasteiger partial charge in [-0.15, -0.1) is 0 Å². The number of nitriles is 1. The zero-order valence-corrected chi connectivity index (χ0v) is 13.5. The molecule has 4 heterocycles. The molecule has 124 valence electrons. The van der Waals surface area contributed by atoms with Crippen LogP contribution in [-0.4, -0.2) is 31.8 Å². The first kappa shape index (κ1) is 14.2. The van der Waals surface area contributed by atoms with Crippen molar-refractivity contribution in [2.75, 3.05) is 11.4 Å². The number of carbonyl (C=O) groups excluding carboxylic acids is 1. The van der Waals surface area contributed by atoms with Crippen LogP contribution in [0.5, 0.6) is 0 Å². The van der Waals surface area contributed by atoms with Gasteiger partial charge < -0.3 is 4.90 Å². The minimum absolute atomic E-state index is 0.125. The van der Waals surface area contributed by atoms with Crippen molar-refractivity contribution in [2.24, 2.45) is 5.92 Å². The zero-order chi connectivity index (χ0) is 17.0. The molecule has 1 amide bonds. The standard InChI is InChI=1S/C18H16N6O/c19-8-12-4-6-22(18(12)25)16-3-5-20-24-10-13(7-17(16)24)14-9-21-23(11-14)15-1-2-15/h3,5,7,9-12,15H,1-2,4,6H2. The minimum Gasteiger partial charge on any atom is -0.309 e. The van der Waals surface area contributed by atoms with Crippen LogP contribution in [0.15, 0.2) is 36.9 Å². The van der Waals surface area contributed by atoms with E-state index in [9.17, 15) is 4.79 Å². The third-order valence-electron chi connectivity index (χ3n) is 4.99. The Morgan fingerprint density at radius 3 is 2.80 bits per heavy atom. The summed E-state index contributed by atoms with van der Waals surface area (Å²) in [6.45, 7) is 0.566. The Morgan fingerprint density at radius 1 is 1.16 bits per heavy atom. The van der Waals surface area contributed by atoms with Crippen molar-refractivity contribution in [3.63, 3.8) is 0 Å². The van der Waals surface area contributed by atoms with Crippen molar-refractivity contribution < 1.29 is 4.79 Å². The molecule has 3 aromatic heterocycles. The summed E-state index contributed by atoms with van der Waals surface area (Å²) in [5.41, 5.74) is 3.74. The van der Waals surface area contributed by atoms with E-state index in [1.54, 1.807) is 15.6 Å². The van der Waals surface area contributed by atoms with Crippen LogP contribution in [0.2, 0.25) is 0 Å². The zero-order valence-electron chi connectivity index (χ0n) is 13.5. The van der Waals surface area contributed by atoms with Crippen LogP contribution in [0.1, 0.15) is 25.3 Å². The van der Waals surface area contributed by atoms with Gasteiger partial charge in [-0.25, -0.2) is 4.52 Å². The summed E-state index contributed by atoms with van der Waals surface area (Å²) in [6, 6.07) is 6.50. The maximum Gasteiger partial charge on any atom is 0.244 e. The molecular weight excluding hydrogens is 316 g/mol. The second-order valence-electron chi connectivity index (χ2n) is 6.68. The summed E-state index contributed by atoms with van der Waals surface area (Å²) in [6.07, 6.45) is 10.6. The molecule has 1 atom stereocenters. The molecule has 3 aromatic rings. The van der Waals surface area contributed by atoms with Gasteiger partial charge in [0.2, 0.25) is 5.91 Å². The van der Waals surface area contributed by atoms with E-state index in [0.29, 0.717) is 19.0 Å². The number of hydrogen-bond acceptors (Lipinski definition) is 4. The van der Waals surface area contributed by atoms with E-state index < -0.39 is 5.92 Å². The monoisotopic (exact) mass is 332 g/mol. The highest BCUT2D eigenvalue weighted by Gasteiger charge is 2.33. The summed E-state index contributed by atoms with van der Waals surface area (Å²) in [7, 11) is 0. The Balaban J connectivity index is 1.56. The van der Waals surface area contributed by atoms with Crippen LogP contribution in [0.3, 0.4) is 0 Å². The van der Waals surface area contributed by atoms with Gasteiger partial charge in [-0.3, -0.25) is 9.48 Å². The van der Waals surface area contributed by atoms with Crippen molar-refractivity contribution in [3.05, 3.63) is 36.9 Å². The first-order valence-corrected chi connectivity index (χ1v) is 8.47. The van der Waals surface area contributed by atoms with Gasteiger partial charge in [-0.2, -0.15) is 15.5 Å². The minimum atomic E-state index is -0.542. The van der Waals surface area contributed by atoms with Gasteiger partial charge >= 0.3 is 0 Å². The third kappa shape index (κ3) is 2.22. The fraction of sp³-hybridized carbons (Fsp3) is 0.333. The number of fused-ring (bicyclic) bond motifs is 1. The number of amides is 1. The molecule has 7 nitrogen and oxygen atoms in total. The van der Waals surface area contributed by atoms with E-state index in [4.69, 9.17) is 5.26 Å². The highest BCUT2D eigenvalue weighted by molar-refractivity contribution is 6.02. The van der Waals surface area contributed by atoms with Gasteiger partial charge in [0.15, 0.2) is 0 Å². The largest absolute Gasteiger partial charge is 0.309 e. The van der Waals surface area contributed by atoms with Gasteiger partial charge in [-0.1, -0.05) is 0 Å². The molecule has 7 heteroatoms. The van der Waals surface area contributed by atoms with Crippen molar-refractivity contribution in [1.82, 2.24) is 19.4 Å². The SMILES string of the molecule is N#CC1CCN(c2ccnn3cc(-c4cnn(C5CC5)c4)cc23)C1=O. The Kier molecular flexibility index (Phi) is 2.95. The van der Waals surface area contributed by atoms with Crippen LogP contribution < -0.4 is 4.90 Å². The van der Waals surface area contributed by atoms with Crippen molar-refractivity contribution in [3.8, 4) is 17.2 Å². The van der Waals surface area contributed by atoms with E-state index in [1.165, 1.54) is 12.8 Å². The Morgan fingerprint density at radius 2 is 2.04 bits per heavy atom. The van der Waals surface area contributed by atoms with Crippen LogP contribution >= 0.6 is 0 Å². The van der Waals surface area contributed by atoms with Gasteiger partial charge in [0.25, 0.3) is 0 Å². The smallest absolute Gasteiger partial charge is 0.244 e. The lowest BCUT2D eigenvalue weighted by Crippen LogP contribution is -2.27. The first-order chi connectivity index (χ1) is 12.2. The molecule has 0 aromatic carbocycles. The van der Waals surface area contributed by atoms with Crippen molar-refractivity contribution in [1.29, 1.82) is 5.26 Å². The molecule has 1 unspecified atom stereocenters. The lowest BCUT2D eigenvalue weighted by Gasteiger charge is -2.16. The van der Waals surface area contributed by atoms with Crippen LogP contribution in [0.4, 0.5) is 5.69 Å². The molecule has 1 saturated carbocycles. The number of rotatable bonds is 3. The van der Waals surface area contributed by atoms with E-state index >= 15 is 0 Å². The second kappa shape index (κ2) is 5.18. The Labute approximate surface area is 144 Å². The predicted octanol–water partition coefficient (Wildman–Crippen LogP) is 2.41. The van der Waals surface area contributed by atoms with Gasteiger partial charge in [0.05, 0.1) is 29.5 Å². The molecule has 0 spiro atoms. The lowest BCUT2D eigenvalue weighted by atomic mass is 10.1. The molecule has 2 fully saturated rings. The second-order valence-corrected chi connectivity index (χ2v) is 6.68. The third-order valence-corrected chi connectivity index (χ3v) is 4.99. The molecule has 0 radical (unpaired) electrons. The number of nitrogens with zero attached hydrogens (tertiary/aromatic N) is 6. The summed E-state index contributed by atoms with van der Waals surface area (Å²) in [5, 5.41) is 17.9. The number of carbonyl (C=O) groups is 1. The van der Waals surface area contributed by atoms with Gasteiger partial charge in [-0.05, 0) is 31.4 Å². The summed E-state index contributed by atoms with van der Waals surface area (Å²) in [4.78, 5) is 14.1. The highest BCUT2D eigenvalue weighted by Crippen LogP contribution is 2.36. The number of aromatic nitrogens is 4. The molecule has 2 aliphatic rings. The average molecular weight is 332 g/mol. The summed E-state index contributed by atoms with van der Waals surface area (Å²) >= 11 is 0. The summed E-state index contributed by atoms with van der Waals surface area (Å²) in [5.74, 6) is -0.667. The fourth-order valence-electron chi connectivity index (χ4n) is 3.45. The van der Waals surface area contributed by atoms with E-state index in [2.05, 4.69) is 22.5 Å². The molecular formula is C18H16N6O. The molecule has 5 rings (SSSR count). The van der Waals surface area contributed by atoms with Crippen LogP contribution in [-0.2, 0) is 4.79 Å². The van der Waals surface area contributed by atoms with Crippen LogP contribution in [0.25, 0.3) is 16.6 Å². The van der Waals surface area contributed by atoms with Crippen molar-refractivity contribution >= 4 is 17.1 Å². The number of hydrogen-bond donors (Lipinski definition) is 0. The predicted molar refractivity (Wildman–Crippen MR) is 90.8 cm³/mol. The van der Waals surface area contributed by atoms with Gasteiger partial charge in [0, 0.05) is 36.3 Å². The molecule has 25 heavy (non-hydrogen) atoms. The quantitative estimate of drug-likeness (QED) is 0.738. The normalized spacial score (nSPS) is 20.4. The summed E-state index contributed by atoms with van der Waals surface area (Å²) < 4.78 is 3.81. The van der Waals surface area contributed by atoms with E-state index in [1.807, 2.05) is 29.2 Å². The first-order valence-electron chi connectivity index (χ1n) is 8.47. The molecule has 1 aliphatic carbocycles. The maximum absolute atomic E-state index is 12.4. The molecule has 1 aliphatic heterocycles. The maximum atomic E-state index is 12.4. The lowest BCUT2D eigenvalue weighted by molar-refractivity contribution is -0.118. The van der Waals surface area contributed by atoms with Gasteiger partial charge in [0.1, 0.15) is 5.92 Å². The molecule has 1 saturated heterocycles. The van der Waals surface area contributed by atoms with E-state index in [0.717, 1.165) is 22.3 Å². The van der Waals surface area contributed by atoms with Crippen LogP contribution in [0, 0.1) is 17.2 Å². The average Bonchev–Trinajstić information content (AvgIpc) is 3.06. The van der Waals surface area contributed by atoms with Crippen molar-refractivity contribution in [2.45, 2.75) is 25.3 Å².